The highest BCUT2D eigenvalue weighted by atomic mass is 16.2. The smallest absolute Gasteiger partial charge is 0.234 e. The fourth-order valence-electron chi connectivity index (χ4n) is 2.58. The summed E-state index contributed by atoms with van der Waals surface area (Å²) in [5, 5.41) is 3.16. The van der Waals surface area contributed by atoms with Crippen molar-refractivity contribution in [2.45, 2.75) is 64.5 Å². The first-order chi connectivity index (χ1) is 8.49. The molecule has 0 unspecified atom stereocenters. The van der Waals surface area contributed by atoms with Gasteiger partial charge in [0.1, 0.15) is 0 Å². The van der Waals surface area contributed by atoms with Crippen LogP contribution in [0.3, 0.4) is 0 Å². The van der Waals surface area contributed by atoms with Gasteiger partial charge in [0.15, 0.2) is 0 Å². The van der Waals surface area contributed by atoms with Crippen LogP contribution in [0.5, 0.6) is 0 Å². The highest BCUT2D eigenvalue weighted by Crippen LogP contribution is 2.17. The zero-order chi connectivity index (χ0) is 13.6. The topological polar surface area (TPSA) is 58.4 Å². The standard InChI is InChI=1S/C14H29N3O/c1-4-17(14(2,3)11-15)10-13(18)16-12-8-6-5-7-9-12/h12H,4-11,15H2,1-3H3,(H,16,18). The molecule has 0 aromatic carbocycles. The minimum atomic E-state index is -0.112. The molecule has 106 valence electrons. The summed E-state index contributed by atoms with van der Waals surface area (Å²) in [4.78, 5) is 14.2. The van der Waals surface area contributed by atoms with Gasteiger partial charge in [-0.3, -0.25) is 9.69 Å². The highest BCUT2D eigenvalue weighted by molar-refractivity contribution is 5.78. The van der Waals surface area contributed by atoms with Gasteiger partial charge < -0.3 is 11.1 Å². The molecule has 1 rings (SSSR count). The van der Waals surface area contributed by atoms with Crippen molar-refractivity contribution in [3.63, 3.8) is 0 Å². The average Bonchev–Trinajstić information content (AvgIpc) is 2.37. The second kappa shape index (κ2) is 7.10. The Hall–Kier alpha value is -0.610. The Kier molecular flexibility index (Phi) is 6.09. The van der Waals surface area contributed by atoms with E-state index in [4.69, 9.17) is 5.73 Å². The summed E-state index contributed by atoms with van der Waals surface area (Å²) in [6, 6.07) is 0.394. The predicted octanol–water partition coefficient (Wildman–Crippen LogP) is 1.49. The molecule has 1 aliphatic rings. The number of hydrogen-bond acceptors (Lipinski definition) is 3. The van der Waals surface area contributed by atoms with Gasteiger partial charge in [-0.25, -0.2) is 0 Å². The molecule has 0 atom stereocenters. The Morgan fingerprint density at radius 3 is 2.44 bits per heavy atom. The number of carbonyl (C=O) groups excluding carboxylic acids is 1. The number of nitrogens with zero attached hydrogens (tertiary/aromatic N) is 1. The Bertz CT molecular complexity index is 260. The Balaban J connectivity index is 2.41. The maximum atomic E-state index is 12.0. The number of hydrogen-bond donors (Lipinski definition) is 2. The lowest BCUT2D eigenvalue weighted by Crippen LogP contribution is -2.53. The maximum absolute atomic E-state index is 12.0. The third-order valence-corrected chi connectivity index (χ3v) is 4.04. The molecule has 1 aliphatic carbocycles. The summed E-state index contributed by atoms with van der Waals surface area (Å²) < 4.78 is 0. The van der Waals surface area contributed by atoms with Gasteiger partial charge in [-0.1, -0.05) is 26.2 Å². The molecule has 1 fully saturated rings. The average molecular weight is 255 g/mol. The van der Waals surface area contributed by atoms with E-state index < -0.39 is 0 Å². The first kappa shape index (κ1) is 15.4. The van der Waals surface area contributed by atoms with Crippen LogP contribution in [0, 0.1) is 0 Å². The molecule has 3 N–H and O–H groups in total. The fraction of sp³-hybridized carbons (Fsp3) is 0.929. The van der Waals surface area contributed by atoms with E-state index in [0.29, 0.717) is 19.1 Å². The molecule has 0 heterocycles. The summed E-state index contributed by atoms with van der Waals surface area (Å²) in [7, 11) is 0. The Labute approximate surface area is 111 Å². The second-order valence-electron chi connectivity index (χ2n) is 5.93. The third kappa shape index (κ3) is 4.58. The monoisotopic (exact) mass is 255 g/mol. The molecule has 0 spiro atoms. The normalized spacial score (nSPS) is 18.1. The summed E-state index contributed by atoms with van der Waals surface area (Å²) in [6.45, 7) is 8.12. The molecule has 4 heteroatoms. The number of amides is 1. The minimum Gasteiger partial charge on any atom is -0.352 e. The van der Waals surface area contributed by atoms with Crippen molar-refractivity contribution in [3.05, 3.63) is 0 Å². The zero-order valence-electron chi connectivity index (χ0n) is 12.2. The van der Waals surface area contributed by atoms with Crippen LogP contribution in [0.1, 0.15) is 52.9 Å². The summed E-state index contributed by atoms with van der Waals surface area (Å²) >= 11 is 0. The summed E-state index contributed by atoms with van der Waals surface area (Å²) in [5.41, 5.74) is 5.66. The van der Waals surface area contributed by atoms with Gasteiger partial charge in [0.05, 0.1) is 6.54 Å². The summed E-state index contributed by atoms with van der Waals surface area (Å²) in [5.74, 6) is 0.144. The molecule has 0 bridgehead atoms. The Morgan fingerprint density at radius 1 is 1.33 bits per heavy atom. The molecule has 1 saturated carbocycles. The minimum absolute atomic E-state index is 0.112. The van der Waals surface area contributed by atoms with Crippen molar-refractivity contribution in [1.29, 1.82) is 0 Å². The van der Waals surface area contributed by atoms with Crippen molar-refractivity contribution < 1.29 is 4.79 Å². The van der Waals surface area contributed by atoms with E-state index in [0.717, 1.165) is 19.4 Å². The van der Waals surface area contributed by atoms with Gasteiger partial charge in [0.25, 0.3) is 0 Å². The second-order valence-corrected chi connectivity index (χ2v) is 5.93. The zero-order valence-corrected chi connectivity index (χ0v) is 12.2. The van der Waals surface area contributed by atoms with Gasteiger partial charge in [0, 0.05) is 18.1 Å². The van der Waals surface area contributed by atoms with Crippen LogP contribution in [0.25, 0.3) is 0 Å². The fourth-order valence-corrected chi connectivity index (χ4v) is 2.58. The third-order valence-electron chi connectivity index (χ3n) is 4.04. The summed E-state index contributed by atoms with van der Waals surface area (Å²) in [6.07, 6.45) is 6.08. The molecule has 0 aliphatic heterocycles. The van der Waals surface area contributed by atoms with Gasteiger partial charge >= 0.3 is 0 Å². The highest BCUT2D eigenvalue weighted by Gasteiger charge is 2.26. The number of carbonyl (C=O) groups is 1. The largest absolute Gasteiger partial charge is 0.352 e. The van der Waals surface area contributed by atoms with Crippen molar-refractivity contribution in [2.24, 2.45) is 5.73 Å². The number of rotatable bonds is 6. The van der Waals surface area contributed by atoms with Crippen LogP contribution < -0.4 is 11.1 Å². The van der Waals surface area contributed by atoms with Gasteiger partial charge in [-0.05, 0) is 33.2 Å². The van der Waals surface area contributed by atoms with Crippen LogP contribution in [-0.2, 0) is 4.79 Å². The molecular formula is C14H29N3O. The molecule has 1 amide bonds. The number of nitrogens with two attached hydrogens (primary N) is 1. The van der Waals surface area contributed by atoms with Crippen molar-refractivity contribution >= 4 is 5.91 Å². The van der Waals surface area contributed by atoms with Crippen LogP contribution in [0.15, 0.2) is 0 Å². The van der Waals surface area contributed by atoms with Gasteiger partial charge in [-0.2, -0.15) is 0 Å². The van der Waals surface area contributed by atoms with E-state index in [9.17, 15) is 4.79 Å². The molecule has 18 heavy (non-hydrogen) atoms. The Morgan fingerprint density at radius 2 is 1.94 bits per heavy atom. The lowest BCUT2D eigenvalue weighted by Gasteiger charge is -2.36. The quantitative estimate of drug-likeness (QED) is 0.756. The molecule has 0 radical (unpaired) electrons. The SMILES string of the molecule is CCN(CC(=O)NC1CCCCC1)C(C)(C)CN. The van der Waals surface area contributed by atoms with Gasteiger partial charge in [-0.15, -0.1) is 0 Å². The molecule has 0 saturated heterocycles. The van der Waals surface area contributed by atoms with E-state index in [1.54, 1.807) is 0 Å². The first-order valence-corrected chi connectivity index (χ1v) is 7.24. The molecule has 0 aromatic rings. The van der Waals surface area contributed by atoms with E-state index >= 15 is 0 Å². The van der Waals surface area contributed by atoms with Crippen molar-refractivity contribution in [3.8, 4) is 0 Å². The van der Waals surface area contributed by atoms with Crippen LogP contribution >= 0.6 is 0 Å². The van der Waals surface area contributed by atoms with Crippen molar-refractivity contribution in [2.75, 3.05) is 19.6 Å². The van der Waals surface area contributed by atoms with E-state index in [1.165, 1.54) is 19.3 Å². The molecule has 0 aromatic heterocycles. The first-order valence-electron chi connectivity index (χ1n) is 7.24. The van der Waals surface area contributed by atoms with E-state index in [-0.39, 0.29) is 11.4 Å². The molecular weight excluding hydrogens is 226 g/mol. The maximum Gasteiger partial charge on any atom is 0.234 e. The van der Waals surface area contributed by atoms with Crippen molar-refractivity contribution in [1.82, 2.24) is 10.2 Å². The number of likely N-dealkylation sites (N-methyl/N-ethyl adjacent to an activating group) is 1. The number of nitrogens with one attached hydrogen (secondary N) is 1. The lowest BCUT2D eigenvalue weighted by molar-refractivity contribution is -0.124. The van der Waals surface area contributed by atoms with E-state index in [1.807, 2.05) is 0 Å². The lowest BCUT2D eigenvalue weighted by atomic mass is 9.95. The van der Waals surface area contributed by atoms with Crippen LogP contribution in [0.4, 0.5) is 0 Å². The van der Waals surface area contributed by atoms with E-state index in [2.05, 4.69) is 31.0 Å². The van der Waals surface area contributed by atoms with Gasteiger partial charge in [0.2, 0.25) is 5.91 Å². The van der Waals surface area contributed by atoms with Crippen LogP contribution in [-0.4, -0.2) is 42.0 Å². The predicted molar refractivity (Wildman–Crippen MR) is 75.4 cm³/mol. The molecule has 4 nitrogen and oxygen atoms in total. The van der Waals surface area contributed by atoms with Crippen LogP contribution in [0.2, 0.25) is 0 Å².